The van der Waals surface area contributed by atoms with Crippen LogP contribution in [0.3, 0.4) is 0 Å². The van der Waals surface area contributed by atoms with Crippen LogP contribution in [0.5, 0.6) is 0 Å². The van der Waals surface area contributed by atoms with Gasteiger partial charge in [0, 0.05) is 6.04 Å². The molecule has 0 aromatic rings. The molecule has 0 aromatic heterocycles. The van der Waals surface area contributed by atoms with Crippen molar-refractivity contribution in [3.05, 3.63) is 12.2 Å². The van der Waals surface area contributed by atoms with Gasteiger partial charge in [-0.15, -0.1) is 0 Å². The monoisotopic (exact) mass is 141 g/mol. The van der Waals surface area contributed by atoms with Crippen molar-refractivity contribution in [1.29, 1.82) is 0 Å². The van der Waals surface area contributed by atoms with Crippen molar-refractivity contribution in [3.8, 4) is 0 Å². The van der Waals surface area contributed by atoms with Gasteiger partial charge in [-0.1, -0.05) is 12.2 Å². The van der Waals surface area contributed by atoms with Gasteiger partial charge in [-0.2, -0.15) is 0 Å². The second-order valence-electron chi connectivity index (χ2n) is 2.60. The third-order valence-corrected chi connectivity index (χ3v) is 1.68. The minimum atomic E-state index is -0.772. The number of hydrogen-bond donors (Lipinski definition) is 2. The van der Waals surface area contributed by atoms with Crippen LogP contribution in [-0.2, 0) is 4.79 Å². The van der Waals surface area contributed by atoms with E-state index < -0.39 is 5.97 Å². The van der Waals surface area contributed by atoms with Crippen LogP contribution in [0.15, 0.2) is 12.2 Å². The first kappa shape index (κ1) is 7.28. The van der Waals surface area contributed by atoms with Gasteiger partial charge in [-0.25, -0.2) is 0 Å². The van der Waals surface area contributed by atoms with Crippen LogP contribution in [0.4, 0.5) is 0 Å². The Balaban J connectivity index is 2.55. The summed E-state index contributed by atoms with van der Waals surface area (Å²) in [6.45, 7) is 0. The Morgan fingerprint density at radius 2 is 2.40 bits per heavy atom. The fourth-order valence-electron chi connectivity index (χ4n) is 1.10. The predicted molar refractivity (Wildman–Crippen MR) is 37.5 cm³/mol. The van der Waals surface area contributed by atoms with Gasteiger partial charge < -0.3 is 10.8 Å². The van der Waals surface area contributed by atoms with Crippen LogP contribution in [0.2, 0.25) is 0 Å². The van der Waals surface area contributed by atoms with Gasteiger partial charge in [0.1, 0.15) is 0 Å². The normalized spacial score (nSPS) is 32.1. The number of carboxylic acids is 1. The lowest BCUT2D eigenvalue weighted by molar-refractivity contribution is -0.140. The van der Waals surface area contributed by atoms with Gasteiger partial charge in [0.15, 0.2) is 0 Å². The van der Waals surface area contributed by atoms with Crippen molar-refractivity contribution in [2.45, 2.75) is 18.9 Å². The molecule has 0 saturated heterocycles. The summed E-state index contributed by atoms with van der Waals surface area (Å²) in [6, 6.07) is 0.0334. The lowest BCUT2D eigenvalue weighted by Gasteiger charge is -2.17. The van der Waals surface area contributed by atoms with E-state index in [4.69, 9.17) is 10.8 Å². The number of hydrogen-bond acceptors (Lipinski definition) is 2. The number of aliphatic carboxylic acids is 1. The third kappa shape index (κ3) is 1.57. The standard InChI is InChI=1S/C7H11NO2/c8-6-3-1-2-5(4-6)7(9)10/h1-2,5-6H,3-4,8H2,(H,9,10)/t5-,6-/m1/s1. The summed E-state index contributed by atoms with van der Waals surface area (Å²) in [7, 11) is 0. The van der Waals surface area contributed by atoms with Crippen LogP contribution in [0.1, 0.15) is 12.8 Å². The first-order valence-electron chi connectivity index (χ1n) is 3.35. The van der Waals surface area contributed by atoms with Gasteiger partial charge >= 0.3 is 5.97 Å². The summed E-state index contributed by atoms with van der Waals surface area (Å²) in [5.74, 6) is -1.13. The molecule has 1 aliphatic rings. The molecule has 2 atom stereocenters. The Kier molecular flexibility index (Phi) is 2.06. The fraction of sp³-hybridized carbons (Fsp3) is 0.571. The van der Waals surface area contributed by atoms with Crippen molar-refractivity contribution in [2.24, 2.45) is 11.7 Å². The lowest BCUT2D eigenvalue weighted by Crippen LogP contribution is -2.28. The number of carboxylic acid groups (broad SMARTS) is 1. The summed E-state index contributed by atoms with van der Waals surface area (Å²) in [5.41, 5.74) is 5.55. The molecule has 0 radical (unpaired) electrons. The van der Waals surface area contributed by atoms with Gasteiger partial charge in [0.25, 0.3) is 0 Å². The van der Waals surface area contributed by atoms with Crippen molar-refractivity contribution in [3.63, 3.8) is 0 Å². The van der Waals surface area contributed by atoms with Gasteiger partial charge in [0.05, 0.1) is 5.92 Å². The molecule has 3 heteroatoms. The Morgan fingerprint density at radius 1 is 1.70 bits per heavy atom. The zero-order chi connectivity index (χ0) is 7.56. The second kappa shape index (κ2) is 2.84. The van der Waals surface area contributed by atoms with Crippen LogP contribution in [0, 0.1) is 5.92 Å². The highest BCUT2D eigenvalue weighted by atomic mass is 16.4. The smallest absolute Gasteiger partial charge is 0.310 e. The average Bonchev–Trinajstić information content (AvgIpc) is 1.88. The Labute approximate surface area is 59.5 Å². The second-order valence-corrected chi connectivity index (χ2v) is 2.60. The van der Waals surface area contributed by atoms with Crippen LogP contribution >= 0.6 is 0 Å². The summed E-state index contributed by atoms with van der Waals surface area (Å²) >= 11 is 0. The largest absolute Gasteiger partial charge is 0.481 e. The van der Waals surface area contributed by atoms with E-state index in [0.717, 1.165) is 6.42 Å². The van der Waals surface area contributed by atoms with Crippen LogP contribution in [-0.4, -0.2) is 17.1 Å². The molecule has 0 heterocycles. The lowest BCUT2D eigenvalue weighted by atomic mass is 9.93. The Morgan fingerprint density at radius 3 is 2.80 bits per heavy atom. The molecule has 0 saturated carbocycles. The predicted octanol–water partition coefficient (Wildman–Crippen LogP) is 0.364. The Bertz CT molecular complexity index is 165. The van der Waals surface area contributed by atoms with Crippen LogP contribution in [0.25, 0.3) is 0 Å². The number of nitrogens with two attached hydrogens (primary N) is 1. The molecule has 0 aromatic carbocycles. The summed E-state index contributed by atoms with van der Waals surface area (Å²) in [5, 5.41) is 8.55. The van der Waals surface area contributed by atoms with Gasteiger partial charge in [-0.05, 0) is 12.8 Å². The van der Waals surface area contributed by atoms with Crippen molar-refractivity contribution in [2.75, 3.05) is 0 Å². The fourth-order valence-corrected chi connectivity index (χ4v) is 1.10. The third-order valence-electron chi connectivity index (χ3n) is 1.68. The van der Waals surface area contributed by atoms with E-state index in [-0.39, 0.29) is 12.0 Å². The molecule has 0 unspecified atom stereocenters. The highest BCUT2D eigenvalue weighted by Crippen LogP contribution is 2.15. The molecule has 56 valence electrons. The molecule has 3 nitrogen and oxygen atoms in total. The highest BCUT2D eigenvalue weighted by molar-refractivity contribution is 5.72. The van der Waals surface area contributed by atoms with Crippen molar-refractivity contribution < 1.29 is 9.90 Å². The van der Waals surface area contributed by atoms with E-state index in [1.807, 2.05) is 6.08 Å². The van der Waals surface area contributed by atoms with E-state index in [2.05, 4.69) is 0 Å². The van der Waals surface area contributed by atoms with E-state index in [9.17, 15) is 4.79 Å². The van der Waals surface area contributed by atoms with Crippen molar-refractivity contribution >= 4 is 5.97 Å². The number of rotatable bonds is 1. The van der Waals surface area contributed by atoms with Gasteiger partial charge in [0.2, 0.25) is 0 Å². The SMILES string of the molecule is N[C@@H]1CC=C[C@@H](C(=O)O)C1. The average molecular weight is 141 g/mol. The molecule has 0 fully saturated rings. The van der Waals surface area contributed by atoms with E-state index in [1.165, 1.54) is 0 Å². The van der Waals surface area contributed by atoms with Gasteiger partial charge in [-0.3, -0.25) is 4.79 Å². The zero-order valence-corrected chi connectivity index (χ0v) is 5.66. The maximum atomic E-state index is 10.4. The maximum absolute atomic E-state index is 10.4. The van der Waals surface area contributed by atoms with Crippen molar-refractivity contribution in [1.82, 2.24) is 0 Å². The van der Waals surface area contributed by atoms with E-state index in [1.54, 1.807) is 6.08 Å². The first-order chi connectivity index (χ1) is 4.70. The summed E-state index contributed by atoms with van der Waals surface area (Å²) < 4.78 is 0. The minimum Gasteiger partial charge on any atom is -0.481 e. The van der Waals surface area contributed by atoms with E-state index in [0.29, 0.717) is 6.42 Å². The molecule has 0 aliphatic heterocycles. The molecular formula is C7H11NO2. The first-order valence-corrected chi connectivity index (χ1v) is 3.35. The molecule has 10 heavy (non-hydrogen) atoms. The quantitative estimate of drug-likeness (QED) is 0.518. The number of carbonyl (C=O) groups is 1. The van der Waals surface area contributed by atoms with E-state index >= 15 is 0 Å². The molecule has 1 rings (SSSR count). The molecule has 0 spiro atoms. The minimum absolute atomic E-state index is 0.0334. The summed E-state index contributed by atoms with van der Waals surface area (Å²) in [6.07, 6.45) is 4.94. The topological polar surface area (TPSA) is 63.3 Å². The molecule has 1 aliphatic carbocycles. The maximum Gasteiger partial charge on any atom is 0.310 e. The summed E-state index contributed by atoms with van der Waals surface area (Å²) in [4.78, 5) is 10.4. The van der Waals surface area contributed by atoms with Crippen LogP contribution < -0.4 is 5.73 Å². The zero-order valence-electron chi connectivity index (χ0n) is 5.66. The Hall–Kier alpha value is -0.830. The molecule has 0 amide bonds. The highest BCUT2D eigenvalue weighted by Gasteiger charge is 2.19. The molecule has 0 bridgehead atoms. The molecular weight excluding hydrogens is 130 g/mol. The molecule has 3 N–H and O–H groups in total.